The van der Waals surface area contributed by atoms with Gasteiger partial charge in [0.2, 0.25) is 0 Å². The quantitative estimate of drug-likeness (QED) is 0.802. The zero-order valence-electron chi connectivity index (χ0n) is 10.3. The highest BCUT2D eigenvalue weighted by molar-refractivity contribution is 5.77. The Hall–Kier alpha value is -1.51. The molecule has 17 heavy (non-hydrogen) atoms. The third-order valence-electron chi connectivity index (χ3n) is 3.12. The lowest BCUT2D eigenvalue weighted by Gasteiger charge is -2.30. The number of carbonyl (C=O) groups excluding carboxylic acids is 1. The van der Waals surface area contributed by atoms with E-state index in [0.717, 1.165) is 25.3 Å². The average Bonchev–Trinajstić information content (AvgIpc) is 2.37. The molecule has 1 saturated heterocycles. The van der Waals surface area contributed by atoms with Gasteiger partial charge in [-0.2, -0.15) is 0 Å². The van der Waals surface area contributed by atoms with E-state index < -0.39 is 0 Å². The van der Waals surface area contributed by atoms with Crippen molar-refractivity contribution >= 4 is 5.91 Å². The molecule has 0 aliphatic carbocycles. The lowest BCUT2D eigenvalue weighted by Crippen LogP contribution is -2.41. The van der Waals surface area contributed by atoms with Gasteiger partial charge < -0.3 is 9.64 Å². The molecule has 0 saturated carbocycles. The van der Waals surface area contributed by atoms with Crippen LogP contribution in [0.5, 0.6) is 5.75 Å². The van der Waals surface area contributed by atoms with Gasteiger partial charge in [0, 0.05) is 13.1 Å². The number of amides is 1. The Labute approximate surface area is 102 Å². The molecule has 1 aromatic rings. The molecule has 1 aliphatic rings. The molecule has 1 amide bonds. The Bertz CT molecular complexity index is 364. The Morgan fingerprint density at radius 2 is 2.18 bits per heavy atom. The van der Waals surface area contributed by atoms with E-state index in [9.17, 15) is 4.79 Å². The van der Waals surface area contributed by atoms with E-state index in [1.165, 1.54) is 6.42 Å². The van der Waals surface area contributed by atoms with Gasteiger partial charge in [-0.25, -0.2) is 0 Å². The molecule has 0 radical (unpaired) electrons. The predicted octanol–water partition coefficient (Wildman–Crippen LogP) is 2.32. The first-order chi connectivity index (χ1) is 8.25. The molecule has 3 nitrogen and oxygen atoms in total. The fourth-order valence-electron chi connectivity index (χ4n) is 2.17. The third kappa shape index (κ3) is 3.48. The number of para-hydroxylation sites is 1. The Kier molecular flexibility index (Phi) is 4.02. The van der Waals surface area contributed by atoms with Gasteiger partial charge in [0.05, 0.1) is 0 Å². The summed E-state index contributed by atoms with van der Waals surface area (Å²) < 4.78 is 5.47. The van der Waals surface area contributed by atoms with Crippen LogP contribution in [-0.2, 0) is 4.79 Å². The normalized spacial score (nSPS) is 20.1. The van der Waals surface area contributed by atoms with Crippen molar-refractivity contribution in [2.75, 3.05) is 19.7 Å². The summed E-state index contributed by atoms with van der Waals surface area (Å²) in [5.41, 5.74) is 0. The lowest BCUT2D eigenvalue weighted by atomic mass is 10.0. The van der Waals surface area contributed by atoms with Crippen LogP contribution >= 0.6 is 0 Å². The number of hydrogen-bond donors (Lipinski definition) is 0. The molecule has 2 rings (SSSR count). The molecule has 1 unspecified atom stereocenters. The number of nitrogens with zero attached hydrogens (tertiary/aromatic N) is 1. The highest BCUT2D eigenvalue weighted by Crippen LogP contribution is 2.16. The first-order valence-electron chi connectivity index (χ1n) is 6.21. The molecule has 0 aromatic heterocycles. The van der Waals surface area contributed by atoms with Gasteiger partial charge in [0.15, 0.2) is 6.61 Å². The number of piperidine rings is 1. The Morgan fingerprint density at radius 1 is 1.41 bits per heavy atom. The molecule has 1 atom stereocenters. The summed E-state index contributed by atoms with van der Waals surface area (Å²) in [6, 6.07) is 9.48. The van der Waals surface area contributed by atoms with Crippen LogP contribution in [0.3, 0.4) is 0 Å². The summed E-state index contributed by atoms with van der Waals surface area (Å²) in [5, 5.41) is 0. The molecule has 1 heterocycles. The van der Waals surface area contributed by atoms with Gasteiger partial charge in [-0.1, -0.05) is 25.1 Å². The summed E-state index contributed by atoms with van der Waals surface area (Å²) in [4.78, 5) is 13.8. The summed E-state index contributed by atoms with van der Waals surface area (Å²) in [5.74, 6) is 1.47. The zero-order chi connectivity index (χ0) is 12.1. The van der Waals surface area contributed by atoms with Gasteiger partial charge in [-0.15, -0.1) is 0 Å². The van der Waals surface area contributed by atoms with E-state index in [1.807, 2.05) is 35.2 Å². The van der Waals surface area contributed by atoms with Crippen LogP contribution < -0.4 is 4.74 Å². The minimum Gasteiger partial charge on any atom is -0.484 e. The predicted molar refractivity (Wildman–Crippen MR) is 66.9 cm³/mol. The monoisotopic (exact) mass is 233 g/mol. The fourth-order valence-corrected chi connectivity index (χ4v) is 2.17. The third-order valence-corrected chi connectivity index (χ3v) is 3.12. The second-order valence-electron chi connectivity index (χ2n) is 4.69. The summed E-state index contributed by atoms with van der Waals surface area (Å²) >= 11 is 0. The Morgan fingerprint density at radius 3 is 2.88 bits per heavy atom. The first-order valence-corrected chi connectivity index (χ1v) is 6.21. The summed E-state index contributed by atoms with van der Waals surface area (Å²) in [6.07, 6.45) is 2.33. The van der Waals surface area contributed by atoms with E-state index >= 15 is 0 Å². The molecule has 92 valence electrons. The van der Waals surface area contributed by atoms with Crippen molar-refractivity contribution < 1.29 is 9.53 Å². The van der Waals surface area contributed by atoms with Crippen LogP contribution in [0, 0.1) is 5.92 Å². The highest BCUT2D eigenvalue weighted by Gasteiger charge is 2.20. The standard InChI is InChI=1S/C14H19NO2/c1-12-6-5-9-15(10-12)14(16)11-17-13-7-3-2-4-8-13/h2-4,7-8,12H,5-6,9-11H2,1H3. The van der Waals surface area contributed by atoms with E-state index in [2.05, 4.69) is 6.92 Å². The number of hydrogen-bond acceptors (Lipinski definition) is 2. The van der Waals surface area contributed by atoms with Crippen molar-refractivity contribution in [3.63, 3.8) is 0 Å². The van der Waals surface area contributed by atoms with Crippen molar-refractivity contribution in [1.82, 2.24) is 4.90 Å². The zero-order valence-corrected chi connectivity index (χ0v) is 10.3. The lowest BCUT2D eigenvalue weighted by molar-refractivity contribution is -0.135. The first kappa shape index (κ1) is 12.0. The van der Waals surface area contributed by atoms with Crippen molar-refractivity contribution in [1.29, 1.82) is 0 Å². The summed E-state index contributed by atoms with van der Waals surface area (Å²) in [7, 11) is 0. The largest absolute Gasteiger partial charge is 0.484 e. The molecule has 1 aromatic carbocycles. The molecule has 1 fully saturated rings. The molecule has 0 spiro atoms. The maximum absolute atomic E-state index is 11.9. The molecular weight excluding hydrogens is 214 g/mol. The van der Waals surface area contributed by atoms with Gasteiger partial charge in [-0.3, -0.25) is 4.79 Å². The van der Waals surface area contributed by atoms with E-state index in [-0.39, 0.29) is 12.5 Å². The minimum atomic E-state index is 0.0976. The van der Waals surface area contributed by atoms with Crippen LogP contribution in [0.25, 0.3) is 0 Å². The topological polar surface area (TPSA) is 29.5 Å². The number of benzene rings is 1. The fraction of sp³-hybridized carbons (Fsp3) is 0.500. The van der Waals surface area contributed by atoms with Crippen LogP contribution in [-0.4, -0.2) is 30.5 Å². The summed E-state index contributed by atoms with van der Waals surface area (Å²) in [6.45, 7) is 4.09. The van der Waals surface area contributed by atoms with Gasteiger partial charge in [-0.05, 0) is 30.9 Å². The Balaban J connectivity index is 1.81. The average molecular weight is 233 g/mol. The number of carbonyl (C=O) groups is 1. The van der Waals surface area contributed by atoms with Gasteiger partial charge >= 0.3 is 0 Å². The second-order valence-corrected chi connectivity index (χ2v) is 4.69. The molecule has 1 aliphatic heterocycles. The van der Waals surface area contributed by atoms with Crippen LogP contribution in [0.15, 0.2) is 30.3 Å². The van der Waals surface area contributed by atoms with E-state index in [4.69, 9.17) is 4.74 Å². The van der Waals surface area contributed by atoms with Crippen molar-refractivity contribution in [2.24, 2.45) is 5.92 Å². The smallest absolute Gasteiger partial charge is 0.260 e. The molecule has 0 N–H and O–H groups in total. The van der Waals surface area contributed by atoms with Gasteiger partial charge in [0.1, 0.15) is 5.75 Å². The van der Waals surface area contributed by atoms with Gasteiger partial charge in [0.25, 0.3) is 5.91 Å². The second kappa shape index (κ2) is 5.71. The van der Waals surface area contributed by atoms with Crippen LogP contribution in [0.1, 0.15) is 19.8 Å². The SMILES string of the molecule is CC1CCCN(C(=O)COc2ccccc2)C1. The van der Waals surface area contributed by atoms with Crippen molar-refractivity contribution in [3.8, 4) is 5.75 Å². The van der Waals surface area contributed by atoms with E-state index in [0.29, 0.717) is 5.92 Å². The van der Waals surface area contributed by atoms with Crippen molar-refractivity contribution in [2.45, 2.75) is 19.8 Å². The maximum atomic E-state index is 11.9. The van der Waals surface area contributed by atoms with Crippen molar-refractivity contribution in [3.05, 3.63) is 30.3 Å². The molecule has 3 heteroatoms. The maximum Gasteiger partial charge on any atom is 0.260 e. The number of rotatable bonds is 3. The van der Waals surface area contributed by atoms with Crippen LogP contribution in [0.4, 0.5) is 0 Å². The number of likely N-dealkylation sites (tertiary alicyclic amines) is 1. The molecule has 0 bridgehead atoms. The highest BCUT2D eigenvalue weighted by atomic mass is 16.5. The number of ether oxygens (including phenoxy) is 1. The van der Waals surface area contributed by atoms with Crippen LogP contribution in [0.2, 0.25) is 0 Å². The van der Waals surface area contributed by atoms with E-state index in [1.54, 1.807) is 0 Å². The molecular formula is C14H19NO2. The minimum absolute atomic E-state index is 0.0976.